The van der Waals surface area contributed by atoms with Crippen LogP contribution >= 0.6 is 0 Å². The van der Waals surface area contributed by atoms with E-state index in [9.17, 15) is 8.78 Å². The zero-order valence-electron chi connectivity index (χ0n) is 22.9. The molecule has 4 heterocycles. The summed E-state index contributed by atoms with van der Waals surface area (Å²) in [7, 11) is 1.81. The molecule has 11 heteroatoms. The maximum absolute atomic E-state index is 12.6. The fraction of sp³-hybridized carbons (Fsp3) is 0.333. The molecule has 0 saturated carbocycles. The van der Waals surface area contributed by atoms with E-state index in [1.54, 1.807) is 12.4 Å². The summed E-state index contributed by atoms with van der Waals surface area (Å²) in [5, 5.41) is 13.9. The number of alkyl halides is 2. The van der Waals surface area contributed by atoms with Crippen LogP contribution in [-0.4, -0.2) is 70.2 Å². The molecule has 0 amide bonds. The van der Waals surface area contributed by atoms with Crippen molar-refractivity contribution >= 4 is 23.3 Å². The molecule has 0 unspecified atom stereocenters. The standard InChI is InChI=1S/C30H34F2N8O/c1-34-16-24(14-33)23-4-2-21(3-5-23)15-35-29-13-26(37-20-38-29)27-17-36-30-12-25(8-11-40(27)30)41-19-22-6-9-39(10-7-22)18-28(31)32/h2-5,8,11-14,16-17,20,22,28,33-34H,6-7,9-10,15,18-19H2,1H3,(H,35,37,38)/b24-16+,33-14?. The van der Waals surface area contributed by atoms with Crippen LogP contribution in [-0.2, 0) is 6.54 Å². The molecule has 0 spiro atoms. The van der Waals surface area contributed by atoms with Gasteiger partial charge in [-0.25, -0.2) is 23.7 Å². The first-order chi connectivity index (χ1) is 20.0. The normalized spacial score (nSPS) is 14.9. The van der Waals surface area contributed by atoms with E-state index in [4.69, 9.17) is 10.1 Å². The molecule has 0 bridgehead atoms. The van der Waals surface area contributed by atoms with Gasteiger partial charge in [0.15, 0.2) is 0 Å². The van der Waals surface area contributed by atoms with Gasteiger partial charge in [-0.1, -0.05) is 24.3 Å². The van der Waals surface area contributed by atoms with Gasteiger partial charge in [0.2, 0.25) is 0 Å². The number of hydrogen-bond donors (Lipinski definition) is 3. The number of ether oxygens (including phenoxy) is 1. The monoisotopic (exact) mass is 560 g/mol. The number of nitrogens with zero attached hydrogens (tertiary/aromatic N) is 5. The van der Waals surface area contributed by atoms with Crippen LogP contribution in [0.4, 0.5) is 14.6 Å². The van der Waals surface area contributed by atoms with Crippen LogP contribution in [0.5, 0.6) is 5.75 Å². The number of anilines is 1. The first-order valence-electron chi connectivity index (χ1n) is 13.7. The molecule has 1 saturated heterocycles. The topological polar surface area (TPSA) is 103 Å². The number of allylic oxidation sites excluding steroid dienone is 1. The summed E-state index contributed by atoms with van der Waals surface area (Å²) in [6.45, 7) is 2.37. The van der Waals surface area contributed by atoms with Gasteiger partial charge >= 0.3 is 0 Å². The first kappa shape index (κ1) is 28.2. The van der Waals surface area contributed by atoms with Crippen molar-refractivity contribution in [2.45, 2.75) is 25.8 Å². The lowest BCUT2D eigenvalue weighted by Gasteiger charge is -2.31. The van der Waals surface area contributed by atoms with Crippen molar-refractivity contribution in [3.05, 3.63) is 78.5 Å². The molecule has 214 valence electrons. The van der Waals surface area contributed by atoms with Crippen LogP contribution < -0.4 is 15.4 Å². The molecular formula is C30H34F2N8O. The van der Waals surface area contributed by atoms with E-state index in [-0.39, 0.29) is 6.54 Å². The highest BCUT2D eigenvalue weighted by Crippen LogP contribution is 2.25. The Hall–Kier alpha value is -4.38. The first-order valence-corrected chi connectivity index (χ1v) is 13.7. The Labute approximate surface area is 237 Å². The summed E-state index contributed by atoms with van der Waals surface area (Å²) in [5.74, 6) is 1.79. The van der Waals surface area contributed by atoms with Crippen LogP contribution in [0.3, 0.4) is 0 Å². The smallest absolute Gasteiger partial charge is 0.251 e. The van der Waals surface area contributed by atoms with Crippen LogP contribution in [0.2, 0.25) is 0 Å². The number of rotatable bonds is 12. The van der Waals surface area contributed by atoms with E-state index in [1.807, 2.05) is 65.0 Å². The molecule has 1 fully saturated rings. The Morgan fingerprint density at radius 2 is 1.93 bits per heavy atom. The Bertz CT molecular complexity index is 1480. The maximum atomic E-state index is 12.6. The van der Waals surface area contributed by atoms with Crippen molar-refractivity contribution in [1.82, 2.24) is 29.6 Å². The van der Waals surface area contributed by atoms with Crippen LogP contribution in [0.25, 0.3) is 22.6 Å². The largest absolute Gasteiger partial charge is 0.493 e. The second kappa shape index (κ2) is 13.3. The van der Waals surface area contributed by atoms with E-state index < -0.39 is 6.43 Å². The number of halogens is 2. The summed E-state index contributed by atoms with van der Waals surface area (Å²) < 4.78 is 33.2. The minimum atomic E-state index is -2.28. The van der Waals surface area contributed by atoms with Gasteiger partial charge < -0.3 is 20.8 Å². The average molecular weight is 561 g/mol. The molecule has 0 radical (unpaired) electrons. The SMILES string of the molecule is CN/C=C(\C=N)c1ccc(CNc2cc(-c3cnc4cc(OCC5CCN(CC(F)F)CC5)ccn34)ncn2)cc1. The lowest BCUT2D eigenvalue weighted by Crippen LogP contribution is -2.38. The fourth-order valence-corrected chi connectivity index (χ4v) is 4.95. The second-order valence-corrected chi connectivity index (χ2v) is 10.1. The molecule has 0 aliphatic carbocycles. The molecule has 9 nitrogen and oxygen atoms in total. The number of fused-ring (bicyclic) bond motifs is 1. The fourth-order valence-electron chi connectivity index (χ4n) is 4.95. The van der Waals surface area contributed by atoms with Gasteiger partial charge in [0, 0.05) is 49.9 Å². The second-order valence-electron chi connectivity index (χ2n) is 10.1. The number of piperidine rings is 1. The molecule has 1 aliphatic rings. The van der Waals surface area contributed by atoms with E-state index in [0.29, 0.717) is 38.0 Å². The lowest BCUT2D eigenvalue weighted by molar-refractivity contribution is 0.0620. The minimum Gasteiger partial charge on any atom is -0.493 e. The Morgan fingerprint density at radius 1 is 1.12 bits per heavy atom. The number of imidazole rings is 1. The molecular weight excluding hydrogens is 526 g/mol. The van der Waals surface area contributed by atoms with E-state index >= 15 is 0 Å². The highest BCUT2D eigenvalue weighted by atomic mass is 19.3. The van der Waals surface area contributed by atoms with Gasteiger partial charge in [0.05, 0.1) is 30.7 Å². The quantitative estimate of drug-likeness (QED) is 0.210. The highest BCUT2D eigenvalue weighted by molar-refractivity contribution is 6.08. The third-order valence-electron chi connectivity index (χ3n) is 7.22. The van der Waals surface area contributed by atoms with Gasteiger partial charge in [0.25, 0.3) is 6.43 Å². The van der Waals surface area contributed by atoms with Gasteiger partial charge in [-0.2, -0.15) is 0 Å². The van der Waals surface area contributed by atoms with Gasteiger partial charge in [-0.15, -0.1) is 0 Å². The number of aromatic nitrogens is 4. The summed E-state index contributed by atoms with van der Waals surface area (Å²) in [5.41, 5.74) is 5.18. The maximum Gasteiger partial charge on any atom is 0.251 e. The van der Waals surface area contributed by atoms with Crippen molar-refractivity contribution in [2.24, 2.45) is 5.92 Å². The highest BCUT2D eigenvalue weighted by Gasteiger charge is 2.22. The predicted octanol–water partition coefficient (Wildman–Crippen LogP) is 4.97. The Kier molecular flexibility index (Phi) is 9.15. The Balaban J connectivity index is 1.19. The number of hydrogen-bond acceptors (Lipinski definition) is 8. The summed E-state index contributed by atoms with van der Waals surface area (Å²) in [6, 6.07) is 13.7. The van der Waals surface area contributed by atoms with Gasteiger partial charge in [-0.05, 0) is 49.0 Å². The van der Waals surface area contributed by atoms with Crippen LogP contribution in [0.15, 0.2) is 67.4 Å². The molecule has 1 aromatic carbocycles. The molecule has 41 heavy (non-hydrogen) atoms. The van der Waals surface area contributed by atoms with Crippen LogP contribution in [0.1, 0.15) is 24.0 Å². The van der Waals surface area contributed by atoms with Crippen molar-refractivity contribution < 1.29 is 13.5 Å². The molecule has 3 N–H and O–H groups in total. The van der Waals surface area contributed by atoms with Crippen molar-refractivity contribution in [3.8, 4) is 17.1 Å². The third kappa shape index (κ3) is 7.23. The number of nitrogens with one attached hydrogen (secondary N) is 3. The lowest BCUT2D eigenvalue weighted by atomic mass is 9.98. The molecule has 5 rings (SSSR count). The van der Waals surface area contributed by atoms with Crippen molar-refractivity contribution in [3.63, 3.8) is 0 Å². The summed E-state index contributed by atoms with van der Waals surface area (Å²) in [6.07, 6.45) is 7.79. The number of benzene rings is 1. The van der Waals surface area contributed by atoms with Gasteiger partial charge in [0.1, 0.15) is 23.5 Å². The molecule has 1 aliphatic heterocycles. The zero-order valence-corrected chi connectivity index (χ0v) is 22.9. The van der Waals surface area contributed by atoms with Crippen LogP contribution in [0, 0.1) is 11.3 Å². The van der Waals surface area contributed by atoms with E-state index in [1.165, 1.54) is 12.5 Å². The predicted molar refractivity (Wildman–Crippen MR) is 156 cm³/mol. The van der Waals surface area contributed by atoms with Crippen molar-refractivity contribution in [2.75, 3.05) is 38.6 Å². The molecule has 4 aromatic rings. The average Bonchev–Trinajstić information content (AvgIpc) is 3.42. The summed E-state index contributed by atoms with van der Waals surface area (Å²) >= 11 is 0. The van der Waals surface area contributed by atoms with E-state index in [2.05, 4.69) is 25.6 Å². The zero-order chi connectivity index (χ0) is 28.6. The number of likely N-dealkylation sites (tertiary alicyclic amines) is 1. The molecule has 0 atom stereocenters. The minimum absolute atomic E-state index is 0.146. The Morgan fingerprint density at radius 3 is 2.66 bits per heavy atom. The third-order valence-corrected chi connectivity index (χ3v) is 7.22. The van der Waals surface area contributed by atoms with Gasteiger partial charge in [-0.3, -0.25) is 9.30 Å². The van der Waals surface area contributed by atoms with Crippen molar-refractivity contribution in [1.29, 1.82) is 5.41 Å². The number of pyridine rings is 1. The summed E-state index contributed by atoms with van der Waals surface area (Å²) in [4.78, 5) is 15.2. The molecule has 3 aromatic heterocycles. The van der Waals surface area contributed by atoms with E-state index in [0.717, 1.165) is 52.3 Å².